The average Bonchev–Trinajstić information content (AvgIpc) is 3.17. The van der Waals surface area contributed by atoms with E-state index in [1.165, 1.54) is 19.3 Å². The Morgan fingerprint density at radius 2 is 2.25 bits per heavy atom. The molecule has 0 bridgehead atoms. The molecule has 0 spiro atoms. The van der Waals surface area contributed by atoms with Gasteiger partial charge in [0, 0.05) is 20.6 Å². The lowest BCUT2D eigenvalue weighted by Crippen LogP contribution is -2.48. The first kappa shape index (κ1) is 15.6. The molecule has 1 saturated carbocycles. The number of hydrogen-bond donors (Lipinski definition) is 1. The van der Waals surface area contributed by atoms with E-state index in [1.807, 2.05) is 37.2 Å². The van der Waals surface area contributed by atoms with Gasteiger partial charge in [-0.2, -0.15) is 0 Å². The standard InChI is InChI=1S/C19H26N4O/c1-22(12-17-21-15-8-3-4-9-16(15)23(17)2)18(24)19-10-6-5-7-14(19)11-20-13-19/h3-4,8-9,14,20H,5-7,10-13H2,1-2H3/t14-,19+/m0/s1. The molecular formula is C19H26N4O. The number of aryl methyl sites for hydroxylation is 1. The fourth-order valence-corrected chi connectivity index (χ4v) is 4.67. The third-order valence-electron chi connectivity index (χ3n) is 6.07. The monoisotopic (exact) mass is 326 g/mol. The number of imidazole rings is 1. The van der Waals surface area contributed by atoms with E-state index < -0.39 is 0 Å². The summed E-state index contributed by atoms with van der Waals surface area (Å²) in [5, 5.41) is 3.47. The topological polar surface area (TPSA) is 50.2 Å². The SMILES string of the molecule is CN(Cc1nc2ccccc2n1C)C(=O)[C@@]12CCCC[C@H]1CNC2. The molecule has 24 heavy (non-hydrogen) atoms. The maximum Gasteiger partial charge on any atom is 0.230 e. The van der Waals surface area contributed by atoms with Crippen LogP contribution in [0.15, 0.2) is 24.3 Å². The van der Waals surface area contributed by atoms with Crippen molar-refractivity contribution in [3.05, 3.63) is 30.1 Å². The molecule has 2 fully saturated rings. The average molecular weight is 326 g/mol. The highest BCUT2D eigenvalue weighted by Gasteiger charge is 2.50. The van der Waals surface area contributed by atoms with Gasteiger partial charge in [0.2, 0.25) is 5.91 Å². The molecule has 128 valence electrons. The van der Waals surface area contributed by atoms with Crippen LogP contribution in [0, 0.1) is 11.3 Å². The molecule has 1 saturated heterocycles. The van der Waals surface area contributed by atoms with Gasteiger partial charge < -0.3 is 14.8 Å². The zero-order valence-electron chi connectivity index (χ0n) is 14.6. The summed E-state index contributed by atoms with van der Waals surface area (Å²) in [4.78, 5) is 19.9. The Kier molecular flexibility index (Phi) is 3.83. The molecule has 0 unspecified atom stereocenters. The molecule has 1 aromatic carbocycles. The Labute approximate surface area is 143 Å². The van der Waals surface area contributed by atoms with E-state index in [0.29, 0.717) is 18.4 Å². The molecular weight excluding hydrogens is 300 g/mol. The van der Waals surface area contributed by atoms with Gasteiger partial charge in [-0.25, -0.2) is 4.98 Å². The van der Waals surface area contributed by atoms with Crippen LogP contribution in [0.4, 0.5) is 0 Å². The van der Waals surface area contributed by atoms with E-state index >= 15 is 0 Å². The first-order chi connectivity index (χ1) is 11.6. The second-order valence-electron chi connectivity index (χ2n) is 7.47. The van der Waals surface area contributed by atoms with Gasteiger partial charge in [-0.1, -0.05) is 25.0 Å². The van der Waals surface area contributed by atoms with Crippen molar-refractivity contribution in [1.82, 2.24) is 19.8 Å². The summed E-state index contributed by atoms with van der Waals surface area (Å²) in [7, 11) is 3.96. The van der Waals surface area contributed by atoms with Crippen molar-refractivity contribution in [2.75, 3.05) is 20.1 Å². The van der Waals surface area contributed by atoms with E-state index in [-0.39, 0.29) is 5.41 Å². The highest BCUT2D eigenvalue weighted by atomic mass is 16.2. The smallest absolute Gasteiger partial charge is 0.230 e. The number of nitrogens with one attached hydrogen (secondary N) is 1. The fourth-order valence-electron chi connectivity index (χ4n) is 4.67. The molecule has 2 aliphatic rings. The molecule has 2 atom stereocenters. The summed E-state index contributed by atoms with van der Waals surface area (Å²) >= 11 is 0. The number of carbonyl (C=O) groups excluding carboxylic acids is 1. The number of rotatable bonds is 3. The van der Waals surface area contributed by atoms with Crippen molar-refractivity contribution in [2.45, 2.75) is 32.2 Å². The van der Waals surface area contributed by atoms with Crippen molar-refractivity contribution in [2.24, 2.45) is 18.4 Å². The van der Waals surface area contributed by atoms with Crippen LogP contribution < -0.4 is 5.32 Å². The summed E-state index contributed by atoms with van der Waals surface area (Å²) in [6.45, 7) is 2.40. The lowest BCUT2D eigenvalue weighted by molar-refractivity contribution is -0.144. The number of amides is 1. The first-order valence-electron chi connectivity index (χ1n) is 8.98. The highest BCUT2D eigenvalue weighted by molar-refractivity contribution is 5.84. The lowest BCUT2D eigenvalue weighted by atomic mass is 9.67. The van der Waals surface area contributed by atoms with Crippen molar-refractivity contribution in [1.29, 1.82) is 0 Å². The minimum Gasteiger partial charge on any atom is -0.338 e. The number of fused-ring (bicyclic) bond motifs is 2. The summed E-state index contributed by atoms with van der Waals surface area (Å²) in [5.41, 5.74) is 1.93. The van der Waals surface area contributed by atoms with Crippen LogP contribution in [-0.4, -0.2) is 40.5 Å². The van der Waals surface area contributed by atoms with Crippen LogP contribution in [-0.2, 0) is 18.4 Å². The van der Waals surface area contributed by atoms with E-state index in [9.17, 15) is 4.79 Å². The van der Waals surface area contributed by atoms with Crippen molar-refractivity contribution < 1.29 is 4.79 Å². The molecule has 1 aliphatic heterocycles. The zero-order valence-corrected chi connectivity index (χ0v) is 14.6. The third-order valence-corrected chi connectivity index (χ3v) is 6.07. The maximum atomic E-state index is 13.3. The summed E-state index contributed by atoms with van der Waals surface area (Å²) in [5.74, 6) is 1.74. The number of aromatic nitrogens is 2. The van der Waals surface area contributed by atoms with E-state index in [2.05, 4.69) is 16.0 Å². The van der Waals surface area contributed by atoms with Crippen LogP contribution in [0.25, 0.3) is 11.0 Å². The molecule has 4 rings (SSSR count). The van der Waals surface area contributed by atoms with Gasteiger partial charge in [0.05, 0.1) is 23.0 Å². The van der Waals surface area contributed by atoms with Crippen LogP contribution in [0.2, 0.25) is 0 Å². The molecule has 1 amide bonds. The van der Waals surface area contributed by atoms with Gasteiger partial charge in [0.15, 0.2) is 0 Å². The summed E-state index contributed by atoms with van der Waals surface area (Å²) in [6, 6.07) is 8.13. The Morgan fingerprint density at radius 3 is 3.08 bits per heavy atom. The van der Waals surface area contributed by atoms with Crippen LogP contribution in [0.3, 0.4) is 0 Å². The second kappa shape index (κ2) is 5.88. The summed E-state index contributed by atoms with van der Waals surface area (Å²) in [6.07, 6.45) is 4.63. The lowest BCUT2D eigenvalue weighted by Gasteiger charge is -2.39. The Balaban J connectivity index is 1.58. The molecule has 1 aliphatic carbocycles. The predicted octanol–water partition coefficient (Wildman–Crippen LogP) is 2.31. The fraction of sp³-hybridized carbons (Fsp3) is 0.579. The van der Waals surface area contributed by atoms with Crippen molar-refractivity contribution in [3.63, 3.8) is 0 Å². The highest BCUT2D eigenvalue weighted by Crippen LogP contribution is 2.45. The van der Waals surface area contributed by atoms with Crippen LogP contribution in [0.5, 0.6) is 0 Å². The predicted molar refractivity (Wildman–Crippen MR) is 94.4 cm³/mol. The second-order valence-corrected chi connectivity index (χ2v) is 7.47. The third kappa shape index (κ3) is 2.34. The van der Waals surface area contributed by atoms with E-state index in [1.54, 1.807) is 0 Å². The minimum absolute atomic E-state index is 0.183. The Morgan fingerprint density at radius 1 is 1.42 bits per heavy atom. The first-order valence-corrected chi connectivity index (χ1v) is 8.98. The minimum atomic E-state index is -0.183. The zero-order chi connectivity index (χ0) is 16.7. The Hall–Kier alpha value is -1.88. The largest absolute Gasteiger partial charge is 0.338 e. The van der Waals surface area contributed by atoms with Gasteiger partial charge >= 0.3 is 0 Å². The van der Waals surface area contributed by atoms with Gasteiger partial charge in [-0.15, -0.1) is 0 Å². The number of carbonyl (C=O) groups is 1. The van der Waals surface area contributed by atoms with Gasteiger partial charge in [0.1, 0.15) is 5.82 Å². The molecule has 1 N–H and O–H groups in total. The quantitative estimate of drug-likeness (QED) is 0.942. The number of benzene rings is 1. The van der Waals surface area contributed by atoms with Gasteiger partial charge in [0.25, 0.3) is 0 Å². The van der Waals surface area contributed by atoms with E-state index in [4.69, 9.17) is 4.98 Å². The van der Waals surface area contributed by atoms with Crippen molar-refractivity contribution in [3.8, 4) is 0 Å². The number of para-hydroxylation sites is 2. The summed E-state index contributed by atoms with van der Waals surface area (Å²) < 4.78 is 2.10. The van der Waals surface area contributed by atoms with Crippen LogP contribution in [0.1, 0.15) is 31.5 Å². The van der Waals surface area contributed by atoms with E-state index in [0.717, 1.165) is 36.4 Å². The molecule has 5 nitrogen and oxygen atoms in total. The van der Waals surface area contributed by atoms with Gasteiger partial charge in [-0.3, -0.25) is 4.79 Å². The maximum absolute atomic E-state index is 13.3. The van der Waals surface area contributed by atoms with Gasteiger partial charge in [-0.05, 0) is 37.4 Å². The van der Waals surface area contributed by atoms with Crippen LogP contribution >= 0.6 is 0 Å². The number of hydrogen-bond acceptors (Lipinski definition) is 3. The molecule has 1 aromatic heterocycles. The number of nitrogens with zero attached hydrogens (tertiary/aromatic N) is 3. The molecule has 5 heteroatoms. The normalized spacial score (nSPS) is 26.5. The molecule has 2 aromatic rings. The molecule has 2 heterocycles. The van der Waals surface area contributed by atoms with Crippen molar-refractivity contribution >= 4 is 16.9 Å². The Bertz CT molecular complexity index is 768. The molecule has 0 radical (unpaired) electrons.